The number of fused-ring (bicyclic) bond motifs is 2. The van der Waals surface area contributed by atoms with Crippen molar-refractivity contribution in [2.45, 2.75) is 97.4 Å². The van der Waals surface area contributed by atoms with E-state index in [9.17, 15) is 10.2 Å². The number of allylic oxidation sites excluding steroid dienone is 2. The van der Waals surface area contributed by atoms with Crippen molar-refractivity contribution in [3.8, 4) is 0 Å². The number of hydrogen-bond donors (Lipinski definition) is 2. The van der Waals surface area contributed by atoms with Crippen LogP contribution in [-0.2, 0) is 4.74 Å². The molecule has 4 fully saturated rings. The van der Waals surface area contributed by atoms with Gasteiger partial charge < -0.3 is 14.9 Å². The monoisotopic (exact) mass is 442 g/mol. The minimum atomic E-state index is -0.745. The summed E-state index contributed by atoms with van der Waals surface area (Å²) in [7, 11) is 1.83. The number of aliphatic hydroxyl groups is 2. The topological polar surface area (TPSA) is 49.7 Å². The highest BCUT2D eigenvalue weighted by atomic mass is 16.5. The number of ether oxygens (including phenoxy) is 1. The Hall–Kier alpha value is -0.900. The average molecular weight is 443 g/mol. The molecule has 0 amide bonds. The molecule has 4 rings (SSSR count). The number of hydrogen-bond acceptors (Lipinski definition) is 3. The van der Waals surface area contributed by atoms with Crippen molar-refractivity contribution in [3.63, 3.8) is 0 Å². The van der Waals surface area contributed by atoms with E-state index in [0.29, 0.717) is 29.1 Å². The van der Waals surface area contributed by atoms with Gasteiger partial charge >= 0.3 is 0 Å². The van der Waals surface area contributed by atoms with Gasteiger partial charge in [0.2, 0.25) is 0 Å². The predicted octanol–water partition coefficient (Wildman–Crippen LogP) is 6.07. The molecule has 4 aliphatic carbocycles. The molecule has 0 radical (unpaired) electrons. The third kappa shape index (κ3) is 3.77. The number of aliphatic hydroxyl groups excluding tert-OH is 1. The van der Waals surface area contributed by atoms with E-state index >= 15 is 0 Å². The molecular weight excluding hydrogens is 396 g/mol. The van der Waals surface area contributed by atoms with E-state index in [4.69, 9.17) is 4.74 Å². The van der Waals surface area contributed by atoms with Gasteiger partial charge in [0, 0.05) is 12.5 Å². The van der Waals surface area contributed by atoms with Crippen LogP contribution in [0.2, 0.25) is 0 Å². The maximum absolute atomic E-state index is 10.7. The van der Waals surface area contributed by atoms with Crippen molar-refractivity contribution >= 4 is 0 Å². The molecule has 3 heteroatoms. The third-order valence-electron chi connectivity index (χ3n) is 10.4. The van der Waals surface area contributed by atoms with Crippen molar-refractivity contribution < 1.29 is 14.9 Å². The smallest absolute Gasteiger partial charge is 0.0851 e. The summed E-state index contributed by atoms with van der Waals surface area (Å²) >= 11 is 0. The molecule has 9 atom stereocenters. The van der Waals surface area contributed by atoms with Crippen molar-refractivity contribution in [3.05, 3.63) is 36.0 Å². The Morgan fingerprint density at radius 3 is 2.56 bits per heavy atom. The quantitative estimate of drug-likeness (QED) is 0.470. The van der Waals surface area contributed by atoms with E-state index in [1.807, 2.05) is 20.1 Å². The summed E-state index contributed by atoms with van der Waals surface area (Å²) in [6.45, 7) is 15.2. The van der Waals surface area contributed by atoms with Gasteiger partial charge in [-0.05, 0) is 92.4 Å². The third-order valence-corrected chi connectivity index (χ3v) is 10.4. The molecule has 0 aromatic carbocycles. The van der Waals surface area contributed by atoms with Crippen LogP contribution in [0, 0.1) is 40.4 Å². The van der Waals surface area contributed by atoms with Crippen LogP contribution in [0.4, 0.5) is 0 Å². The van der Waals surface area contributed by atoms with Crippen molar-refractivity contribution in [1.29, 1.82) is 0 Å². The Morgan fingerprint density at radius 1 is 1.25 bits per heavy atom. The largest absolute Gasteiger partial charge is 0.389 e. The fraction of sp³-hybridized carbons (Fsp3) is 0.793. The summed E-state index contributed by atoms with van der Waals surface area (Å²) < 4.78 is 6.07. The van der Waals surface area contributed by atoms with Crippen LogP contribution < -0.4 is 0 Å². The Labute approximate surface area is 196 Å². The highest BCUT2D eigenvalue weighted by Crippen LogP contribution is 2.69. The SMILES string of the molecule is C=C1[C@H](O)CC2CC12C(/C=C1\CCC[C@]2(C)[C@@H]([C@H](C)/C=C/C(C)(O)C(C)C)CC[C@@H]12)OC. The van der Waals surface area contributed by atoms with E-state index in [1.165, 1.54) is 32.1 Å². The van der Waals surface area contributed by atoms with E-state index in [-0.39, 0.29) is 23.5 Å². The lowest BCUT2D eigenvalue weighted by Gasteiger charge is -2.44. The molecule has 3 nitrogen and oxygen atoms in total. The first-order valence-electron chi connectivity index (χ1n) is 13.0. The molecule has 0 saturated heterocycles. The van der Waals surface area contributed by atoms with Crippen LogP contribution in [0.25, 0.3) is 0 Å². The van der Waals surface area contributed by atoms with Gasteiger partial charge in [0.25, 0.3) is 0 Å². The van der Waals surface area contributed by atoms with Gasteiger partial charge in [-0.25, -0.2) is 0 Å². The molecule has 4 saturated carbocycles. The normalized spacial score (nSPS) is 44.0. The highest BCUT2D eigenvalue weighted by Gasteiger charge is 2.66. The van der Waals surface area contributed by atoms with E-state index in [0.717, 1.165) is 18.4 Å². The number of rotatable bonds is 7. The fourth-order valence-corrected chi connectivity index (χ4v) is 7.73. The van der Waals surface area contributed by atoms with Gasteiger partial charge in [-0.1, -0.05) is 58.1 Å². The Morgan fingerprint density at radius 2 is 1.97 bits per heavy atom. The molecule has 32 heavy (non-hydrogen) atoms. The molecule has 4 unspecified atom stereocenters. The molecule has 0 heterocycles. The molecule has 180 valence electrons. The van der Waals surface area contributed by atoms with E-state index in [2.05, 4.69) is 46.4 Å². The second kappa shape index (κ2) is 8.40. The van der Waals surface area contributed by atoms with Crippen molar-refractivity contribution in [2.75, 3.05) is 7.11 Å². The minimum absolute atomic E-state index is 0.0223. The molecule has 0 aromatic rings. The second-order valence-corrected chi connectivity index (χ2v) is 12.3. The maximum atomic E-state index is 10.7. The van der Waals surface area contributed by atoms with Gasteiger partial charge in [-0.3, -0.25) is 0 Å². The second-order valence-electron chi connectivity index (χ2n) is 12.3. The summed E-state index contributed by atoms with van der Waals surface area (Å²) in [6, 6.07) is 0. The first kappa shape index (κ1) is 24.2. The molecule has 0 aliphatic heterocycles. The van der Waals surface area contributed by atoms with Crippen LogP contribution in [0.3, 0.4) is 0 Å². The van der Waals surface area contributed by atoms with Crippen molar-refractivity contribution in [1.82, 2.24) is 0 Å². The van der Waals surface area contributed by atoms with Gasteiger partial charge in [0.1, 0.15) is 0 Å². The molecule has 0 bridgehead atoms. The molecule has 4 aliphatic rings. The molecule has 0 spiro atoms. The zero-order valence-corrected chi connectivity index (χ0v) is 21.2. The van der Waals surface area contributed by atoms with E-state index in [1.54, 1.807) is 5.57 Å². The zero-order chi connectivity index (χ0) is 23.5. The Balaban J connectivity index is 1.54. The zero-order valence-electron chi connectivity index (χ0n) is 21.2. The van der Waals surface area contributed by atoms with Gasteiger partial charge in [0.05, 0.1) is 17.8 Å². The summed E-state index contributed by atoms with van der Waals surface area (Å²) in [4.78, 5) is 0. The molecule has 2 N–H and O–H groups in total. The molecular formula is C29H46O3. The predicted molar refractivity (Wildman–Crippen MR) is 131 cm³/mol. The van der Waals surface area contributed by atoms with Crippen LogP contribution in [0.5, 0.6) is 0 Å². The lowest BCUT2D eigenvalue weighted by molar-refractivity contribution is 0.0605. The maximum Gasteiger partial charge on any atom is 0.0851 e. The van der Waals surface area contributed by atoms with Crippen LogP contribution >= 0.6 is 0 Å². The van der Waals surface area contributed by atoms with E-state index < -0.39 is 5.60 Å². The lowest BCUT2D eigenvalue weighted by Crippen LogP contribution is -2.37. The Bertz CT molecular complexity index is 792. The average Bonchev–Trinajstić information content (AvgIpc) is 3.24. The summed E-state index contributed by atoms with van der Waals surface area (Å²) in [5, 5.41) is 21.0. The lowest BCUT2D eigenvalue weighted by atomic mass is 9.61. The van der Waals surface area contributed by atoms with Gasteiger partial charge in [0.15, 0.2) is 0 Å². The summed E-state index contributed by atoms with van der Waals surface area (Å²) in [5.41, 5.74) is 2.14. The van der Waals surface area contributed by atoms with Gasteiger partial charge in [-0.15, -0.1) is 0 Å². The highest BCUT2D eigenvalue weighted by molar-refractivity contribution is 5.38. The molecule has 0 aromatic heterocycles. The Kier molecular flexibility index (Phi) is 6.36. The standard InChI is InChI=1S/C29H46O3/c1-18(2)28(6,31)14-12-19(3)23-10-11-24-21(9-8-13-27(23,24)5)15-26(32-7)29-17-22(29)16-25(30)20(29)4/h12,14-15,18-19,22-26,30-31H,4,8-11,13,16-17H2,1-3,5-7H3/b14-12+,21-15+/t19-,22?,23-,24+,25-,26?,27-,28?,29?/m1/s1. The van der Waals surface area contributed by atoms with Gasteiger partial charge in [-0.2, -0.15) is 0 Å². The van der Waals surface area contributed by atoms with Crippen LogP contribution in [-0.4, -0.2) is 35.1 Å². The number of methoxy groups -OCH3 is 1. The van der Waals surface area contributed by atoms with Crippen molar-refractivity contribution in [2.24, 2.45) is 40.4 Å². The fourth-order valence-electron chi connectivity index (χ4n) is 7.73. The first-order valence-corrected chi connectivity index (χ1v) is 13.0. The first-order chi connectivity index (χ1) is 15.0. The summed E-state index contributed by atoms with van der Waals surface area (Å²) in [6.07, 6.45) is 14.7. The minimum Gasteiger partial charge on any atom is -0.389 e. The summed E-state index contributed by atoms with van der Waals surface area (Å²) in [5.74, 6) is 2.48. The van der Waals surface area contributed by atoms with Crippen LogP contribution in [0.1, 0.15) is 79.6 Å². The van der Waals surface area contributed by atoms with Crippen LogP contribution in [0.15, 0.2) is 36.0 Å².